The van der Waals surface area contributed by atoms with Gasteiger partial charge in [-0.05, 0) is 26.7 Å². The first kappa shape index (κ1) is 16.9. The minimum Gasteiger partial charge on any atom is -0.481 e. The molecule has 0 aromatic rings. The molecule has 1 unspecified atom stereocenters. The van der Waals surface area contributed by atoms with Gasteiger partial charge < -0.3 is 15.2 Å². The summed E-state index contributed by atoms with van der Waals surface area (Å²) in [6.45, 7) is 6.60. The Morgan fingerprint density at radius 1 is 1.33 bits per heavy atom. The van der Waals surface area contributed by atoms with E-state index in [9.17, 15) is 9.59 Å². The quantitative estimate of drug-likeness (QED) is 0.587. The minimum atomic E-state index is -0.847. The molecular formula is C13H25NO4. The first-order valence-electron chi connectivity index (χ1n) is 6.58. The molecule has 1 atom stereocenters. The summed E-state index contributed by atoms with van der Waals surface area (Å²) in [5, 5.41) is 11.6. The Bertz CT molecular complexity index is 253. The first-order valence-corrected chi connectivity index (χ1v) is 6.58. The van der Waals surface area contributed by atoms with Crippen molar-refractivity contribution in [2.45, 2.75) is 52.6 Å². The van der Waals surface area contributed by atoms with Crippen LogP contribution < -0.4 is 5.32 Å². The summed E-state index contributed by atoms with van der Waals surface area (Å²) in [7, 11) is 0. The second-order valence-corrected chi connectivity index (χ2v) is 4.65. The Kier molecular flexibility index (Phi) is 9.28. The number of hydrogen-bond donors (Lipinski definition) is 2. The highest BCUT2D eigenvalue weighted by Crippen LogP contribution is 2.05. The van der Waals surface area contributed by atoms with Crippen LogP contribution in [0.4, 0.5) is 0 Å². The molecule has 1 amide bonds. The maximum Gasteiger partial charge on any atom is 0.308 e. The van der Waals surface area contributed by atoms with Crippen molar-refractivity contribution in [1.29, 1.82) is 0 Å². The van der Waals surface area contributed by atoms with E-state index in [-0.39, 0.29) is 18.6 Å². The van der Waals surface area contributed by atoms with Crippen LogP contribution in [0, 0.1) is 5.92 Å². The Hall–Kier alpha value is -1.10. The molecule has 0 bridgehead atoms. The highest BCUT2D eigenvalue weighted by molar-refractivity contribution is 5.77. The van der Waals surface area contributed by atoms with Gasteiger partial charge >= 0.3 is 5.97 Å². The third kappa shape index (κ3) is 8.98. The highest BCUT2D eigenvalue weighted by Gasteiger charge is 2.16. The van der Waals surface area contributed by atoms with E-state index in [4.69, 9.17) is 9.84 Å². The molecule has 0 aromatic carbocycles. The van der Waals surface area contributed by atoms with Crippen LogP contribution in [0.1, 0.15) is 46.5 Å². The molecule has 0 aromatic heterocycles. The fourth-order valence-corrected chi connectivity index (χ4v) is 1.54. The van der Waals surface area contributed by atoms with Crippen molar-refractivity contribution in [2.75, 3.05) is 13.2 Å². The molecule has 0 spiro atoms. The topological polar surface area (TPSA) is 75.6 Å². The van der Waals surface area contributed by atoms with Gasteiger partial charge in [0.25, 0.3) is 0 Å². The molecule has 0 aliphatic carbocycles. The molecule has 0 aliphatic heterocycles. The van der Waals surface area contributed by atoms with E-state index < -0.39 is 11.9 Å². The first-order chi connectivity index (χ1) is 8.47. The average Bonchev–Trinajstić information content (AvgIpc) is 2.29. The van der Waals surface area contributed by atoms with Gasteiger partial charge in [-0.15, -0.1) is 0 Å². The zero-order valence-electron chi connectivity index (χ0n) is 11.6. The lowest BCUT2D eigenvalue weighted by molar-refractivity contribution is -0.141. The molecule has 0 rings (SSSR count). The molecule has 0 saturated heterocycles. The number of carbonyl (C=O) groups excluding carboxylic acids is 1. The summed E-state index contributed by atoms with van der Waals surface area (Å²) in [5.74, 6) is -1.43. The van der Waals surface area contributed by atoms with Crippen molar-refractivity contribution in [1.82, 2.24) is 5.32 Å². The molecule has 5 heteroatoms. The van der Waals surface area contributed by atoms with Gasteiger partial charge in [0.1, 0.15) is 0 Å². The molecule has 0 aliphatic rings. The standard InChI is InChI=1S/C13H25NO4/c1-4-6-11(13(16)17)9-14-12(15)7-5-8-18-10(2)3/h10-11H,4-9H2,1-3H3,(H,14,15)(H,16,17). The number of amides is 1. The second-order valence-electron chi connectivity index (χ2n) is 4.65. The van der Waals surface area contributed by atoms with Crippen LogP contribution in [0.15, 0.2) is 0 Å². The van der Waals surface area contributed by atoms with E-state index in [0.717, 1.165) is 6.42 Å². The summed E-state index contributed by atoms with van der Waals surface area (Å²) in [5.41, 5.74) is 0. The third-order valence-electron chi connectivity index (χ3n) is 2.53. The molecule has 0 radical (unpaired) electrons. The van der Waals surface area contributed by atoms with E-state index in [1.807, 2.05) is 20.8 Å². The Morgan fingerprint density at radius 3 is 2.50 bits per heavy atom. The second kappa shape index (κ2) is 9.88. The number of carboxylic acids is 1. The van der Waals surface area contributed by atoms with Gasteiger partial charge in [0.2, 0.25) is 5.91 Å². The summed E-state index contributed by atoms with van der Waals surface area (Å²) >= 11 is 0. The van der Waals surface area contributed by atoms with Gasteiger partial charge in [0, 0.05) is 19.6 Å². The molecule has 2 N–H and O–H groups in total. The van der Waals surface area contributed by atoms with Crippen LogP contribution in [-0.2, 0) is 14.3 Å². The van der Waals surface area contributed by atoms with Crippen LogP contribution in [0.3, 0.4) is 0 Å². The van der Waals surface area contributed by atoms with Crippen molar-refractivity contribution in [3.05, 3.63) is 0 Å². The lowest BCUT2D eigenvalue weighted by Crippen LogP contribution is -2.32. The predicted octanol–water partition coefficient (Wildman–Crippen LogP) is 1.81. The summed E-state index contributed by atoms with van der Waals surface area (Å²) < 4.78 is 5.32. The summed E-state index contributed by atoms with van der Waals surface area (Å²) in [6.07, 6.45) is 2.61. The monoisotopic (exact) mass is 259 g/mol. The largest absolute Gasteiger partial charge is 0.481 e. The van der Waals surface area contributed by atoms with Crippen LogP contribution in [-0.4, -0.2) is 36.2 Å². The van der Waals surface area contributed by atoms with Crippen molar-refractivity contribution in [3.8, 4) is 0 Å². The average molecular weight is 259 g/mol. The van der Waals surface area contributed by atoms with E-state index in [1.165, 1.54) is 0 Å². The molecular weight excluding hydrogens is 234 g/mol. The smallest absolute Gasteiger partial charge is 0.308 e. The van der Waals surface area contributed by atoms with E-state index >= 15 is 0 Å². The van der Waals surface area contributed by atoms with Gasteiger partial charge in [-0.1, -0.05) is 13.3 Å². The molecule has 0 saturated carbocycles. The lowest BCUT2D eigenvalue weighted by Gasteiger charge is -2.12. The van der Waals surface area contributed by atoms with Gasteiger partial charge in [-0.3, -0.25) is 9.59 Å². The Balaban J connectivity index is 3.70. The van der Waals surface area contributed by atoms with Crippen molar-refractivity contribution in [2.24, 2.45) is 5.92 Å². The number of aliphatic carboxylic acids is 1. The molecule has 0 heterocycles. The van der Waals surface area contributed by atoms with Gasteiger partial charge in [-0.25, -0.2) is 0 Å². The van der Waals surface area contributed by atoms with E-state index in [1.54, 1.807) is 0 Å². The third-order valence-corrected chi connectivity index (χ3v) is 2.53. The Labute approximate surface area is 109 Å². The summed E-state index contributed by atoms with van der Waals surface area (Å²) in [4.78, 5) is 22.3. The SMILES string of the molecule is CCCC(CNC(=O)CCCOC(C)C)C(=O)O. The van der Waals surface area contributed by atoms with Crippen molar-refractivity contribution >= 4 is 11.9 Å². The Morgan fingerprint density at radius 2 is 2.00 bits per heavy atom. The fourth-order valence-electron chi connectivity index (χ4n) is 1.54. The van der Waals surface area contributed by atoms with Crippen molar-refractivity contribution in [3.63, 3.8) is 0 Å². The number of ether oxygens (including phenoxy) is 1. The lowest BCUT2D eigenvalue weighted by atomic mass is 10.0. The predicted molar refractivity (Wildman–Crippen MR) is 69.4 cm³/mol. The van der Waals surface area contributed by atoms with Gasteiger partial charge in [0.05, 0.1) is 12.0 Å². The zero-order valence-corrected chi connectivity index (χ0v) is 11.6. The van der Waals surface area contributed by atoms with Crippen molar-refractivity contribution < 1.29 is 19.4 Å². The number of hydrogen-bond acceptors (Lipinski definition) is 3. The van der Waals surface area contributed by atoms with Crippen LogP contribution >= 0.6 is 0 Å². The van der Waals surface area contributed by atoms with Crippen LogP contribution in [0.2, 0.25) is 0 Å². The molecule has 0 fully saturated rings. The number of carbonyl (C=O) groups is 2. The van der Waals surface area contributed by atoms with Crippen LogP contribution in [0.5, 0.6) is 0 Å². The number of carboxylic acid groups (broad SMARTS) is 1. The van der Waals surface area contributed by atoms with E-state index in [0.29, 0.717) is 25.9 Å². The number of nitrogens with one attached hydrogen (secondary N) is 1. The van der Waals surface area contributed by atoms with Gasteiger partial charge in [0.15, 0.2) is 0 Å². The number of rotatable bonds is 10. The van der Waals surface area contributed by atoms with E-state index in [2.05, 4.69) is 5.32 Å². The van der Waals surface area contributed by atoms with Gasteiger partial charge in [-0.2, -0.15) is 0 Å². The highest BCUT2D eigenvalue weighted by atomic mass is 16.5. The van der Waals surface area contributed by atoms with Crippen LogP contribution in [0.25, 0.3) is 0 Å². The molecule has 106 valence electrons. The maximum atomic E-state index is 11.5. The maximum absolute atomic E-state index is 11.5. The zero-order chi connectivity index (χ0) is 14.0. The summed E-state index contributed by atoms with van der Waals surface area (Å²) in [6, 6.07) is 0. The normalized spacial score (nSPS) is 12.4. The molecule has 5 nitrogen and oxygen atoms in total. The minimum absolute atomic E-state index is 0.107. The fraction of sp³-hybridized carbons (Fsp3) is 0.846. The molecule has 18 heavy (non-hydrogen) atoms.